The van der Waals surface area contributed by atoms with Crippen LogP contribution in [-0.2, 0) is 0 Å². The molecule has 3 aromatic rings. The van der Waals surface area contributed by atoms with E-state index >= 15 is 0 Å². The lowest BCUT2D eigenvalue weighted by molar-refractivity contribution is 0.666. The number of benzene rings is 1. The number of nitrogens with zero attached hydrogens (tertiary/aromatic N) is 2. The van der Waals surface area contributed by atoms with Gasteiger partial charge in [-0.3, -0.25) is 0 Å². The maximum Gasteiger partial charge on any atom is 0.224 e. The molecule has 2 aromatic heterocycles. The number of halogens is 3. The molecule has 0 fully saturated rings. The van der Waals surface area contributed by atoms with Gasteiger partial charge in [-0.1, -0.05) is 29.3 Å². The molecule has 0 aliphatic heterocycles. The smallest absolute Gasteiger partial charge is 0.224 e. The molecule has 0 amide bonds. The average Bonchev–Trinajstić information content (AvgIpc) is 2.59. The molecule has 0 N–H and O–H groups in total. The van der Waals surface area contributed by atoms with Crippen molar-refractivity contribution in [3.63, 3.8) is 0 Å². The molecule has 1 aromatic carbocycles. The van der Waals surface area contributed by atoms with Gasteiger partial charge in [-0.15, -0.1) is 0 Å². The summed E-state index contributed by atoms with van der Waals surface area (Å²) in [6.07, 6.45) is 0. The van der Waals surface area contributed by atoms with E-state index in [1.54, 1.807) is 6.07 Å². The summed E-state index contributed by atoms with van der Waals surface area (Å²) in [5.41, 5.74) is 1.51. The molecule has 0 spiro atoms. The van der Waals surface area contributed by atoms with E-state index in [0.29, 0.717) is 21.7 Å². The van der Waals surface area contributed by atoms with Crippen molar-refractivity contribution in [2.24, 2.45) is 0 Å². The van der Waals surface area contributed by atoms with Crippen molar-refractivity contribution in [1.82, 2.24) is 9.97 Å². The van der Waals surface area contributed by atoms with Crippen molar-refractivity contribution in [3.05, 3.63) is 33.7 Å². The van der Waals surface area contributed by atoms with E-state index in [2.05, 4.69) is 9.97 Å². The Hall–Kier alpha value is -1.03. The van der Waals surface area contributed by atoms with E-state index in [9.17, 15) is 0 Å². The molecule has 0 bridgehead atoms. The standard InChI is InChI=1S/C10H3Cl3N2O/c11-5-3-1-2-4-6-8(16-7(4)5)9(12)15-10(13)14-6/h1-3H. The fourth-order valence-electron chi connectivity index (χ4n) is 1.57. The lowest BCUT2D eigenvalue weighted by Crippen LogP contribution is -1.82. The number of aromatic nitrogens is 2. The molecule has 3 rings (SSSR count). The number of furan rings is 1. The Balaban J connectivity index is 2.61. The number of hydrogen-bond donors (Lipinski definition) is 0. The maximum atomic E-state index is 6.00. The zero-order chi connectivity index (χ0) is 11.3. The van der Waals surface area contributed by atoms with Gasteiger partial charge < -0.3 is 4.42 Å². The molecule has 3 nitrogen and oxygen atoms in total. The first-order valence-corrected chi connectivity index (χ1v) is 5.50. The van der Waals surface area contributed by atoms with Gasteiger partial charge in [0.15, 0.2) is 16.3 Å². The summed E-state index contributed by atoms with van der Waals surface area (Å²) >= 11 is 17.7. The van der Waals surface area contributed by atoms with Crippen LogP contribution in [0.15, 0.2) is 22.6 Å². The Kier molecular flexibility index (Phi) is 2.21. The molecule has 80 valence electrons. The van der Waals surface area contributed by atoms with Crippen molar-refractivity contribution < 1.29 is 4.42 Å². The van der Waals surface area contributed by atoms with Crippen LogP contribution in [0.25, 0.3) is 22.1 Å². The van der Waals surface area contributed by atoms with E-state index in [1.165, 1.54) is 0 Å². The van der Waals surface area contributed by atoms with E-state index in [4.69, 9.17) is 39.2 Å². The monoisotopic (exact) mass is 272 g/mol. The van der Waals surface area contributed by atoms with Gasteiger partial charge in [-0.05, 0) is 23.7 Å². The molecule has 0 saturated heterocycles. The Bertz CT molecular complexity index is 708. The van der Waals surface area contributed by atoms with Gasteiger partial charge in [-0.2, -0.15) is 0 Å². The first-order chi connectivity index (χ1) is 7.66. The third kappa shape index (κ3) is 1.36. The van der Waals surface area contributed by atoms with Crippen LogP contribution >= 0.6 is 34.8 Å². The first kappa shape index (κ1) is 10.1. The highest BCUT2D eigenvalue weighted by atomic mass is 35.5. The van der Waals surface area contributed by atoms with Crippen molar-refractivity contribution in [3.8, 4) is 0 Å². The molecule has 0 aliphatic carbocycles. The number of para-hydroxylation sites is 1. The topological polar surface area (TPSA) is 38.9 Å². The van der Waals surface area contributed by atoms with Crippen molar-refractivity contribution >= 4 is 56.9 Å². The minimum Gasteiger partial charge on any atom is -0.450 e. The lowest BCUT2D eigenvalue weighted by Gasteiger charge is -1.91. The van der Waals surface area contributed by atoms with Gasteiger partial charge >= 0.3 is 0 Å². The van der Waals surface area contributed by atoms with Gasteiger partial charge in [0.2, 0.25) is 5.28 Å². The summed E-state index contributed by atoms with van der Waals surface area (Å²) in [6, 6.07) is 5.38. The van der Waals surface area contributed by atoms with Crippen LogP contribution < -0.4 is 0 Å². The van der Waals surface area contributed by atoms with Crippen molar-refractivity contribution in [2.45, 2.75) is 0 Å². The second kappa shape index (κ2) is 3.48. The number of fused-ring (bicyclic) bond motifs is 3. The van der Waals surface area contributed by atoms with E-state index in [-0.39, 0.29) is 10.4 Å². The quantitative estimate of drug-likeness (QED) is 0.452. The van der Waals surface area contributed by atoms with Crippen molar-refractivity contribution in [1.29, 1.82) is 0 Å². The Morgan fingerprint density at radius 2 is 1.81 bits per heavy atom. The number of rotatable bonds is 0. The van der Waals surface area contributed by atoms with Crippen molar-refractivity contribution in [2.75, 3.05) is 0 Å². The summed E-state index contributed by atoms with van der Waals surface area (Å²) < 4.78 is 5.52. The average molecular weight is 274 g/mol. The Labute approximate surface area is 105 Å². The molecule has 6 heteroatoms. The molecular weight excluding hydrogens is 270 g/mol. The number of hydrogen-bond acceptors (Lipinski definition) is 3. The minimum absolute atomic E-state index is 0.0835. The summed E-state index contributed by atoms with van der Waals surface area (Å²) in [7, 11) is 0. The lowest BCUT2D eigenvalue weighted by atomic mass is 10.2. The van der Waals surface area contributed by atoms with Gasteiger partial charge in [0.05, 0.1) is 5.02 Å². The third-order valence-corrected chi connectivity index (χ3v) is 2.95. The largest absolute Gasteiger partial charge is 0.450 e. The normalized spacial score (nSPS) is 11.4. The maximum absolute atomic E-state index is 6.00. The fraction of sp³-hybridized carbons (Fsp3) is 0. The van der Waals surface area contributed by atoms with E-state index in [0.717, 1.165) is 5.39 Å². The van der Waals surface area contributed by atoms with Crippen LogP contribution in [-0.4, -0.2) is 9.97 Å². The van der Waals surface area contributed by atoms with Gasteiger partial charge in [0, 0.05) is 5.39 Å². The van der Waals surface area contributed by atoms with Crippen LogP contribution in [0.3, 0.4) is 0 Å². The SMILES string of the molecule is Clc1nc(Cl)c2oc3c(Cl)cccc3c2n1. The van der Waals surface area contributed by atoms with Crippen LogP contribution in [0.5, 0.6) is 0 Å². The van der Waals surface area contributed by atoms with Crippen LogP contribution in [0.1, 0.15) is 0 Å². The predicted molar refractivity (Wildman–Crippen MR) is 64.3 cm³/mol. The van der Waals surface area contributed by atoms with Crippen LogP contribution in [0.4, 0.5) is 0 Å². The molecule has 0 unspecified atom stereocenters. The Morgan fingerprint density at radius 3 is 2.62 bits per heavy atom. The van der Waals surface area contributed by atoms with E-state index < -0.39 is 0 Å². The second-order valence-corrected chi connectivity index (χ2v) is 4.28. The minimum atomic E-state index is 0.0835. The molecule has 0 saturated carbocycles. The zero-order valence-electron chi connectivity index (χ0n) is 7.67. The second-order valence-electron chi connectivity index (χ2n) is 3.18. The van der Waals surface area contributed by atoms with Gasteiger partial charge in [-0.25, -0.2) is 9.97 Å². The van der Waals surface area contributed by atoms with E-state index in [1.807, 2.05) is 12.1 Å². The molecule has 2 heterocycles. The van der Waals surface area contributed by atoms with Crippen LogP contribution in [0.2, 0.25) is 15.5 Å². The summed E-state index contributed by atoms with van der Waals surface area (Å²) in [4.78, 5) is 7.89. The summed E-state index contributed by atoms with van der Waals surface area (Å²) in [5.74, 6) is 0. The highest BCUT2D eigenvalue weighted by Crippen LogP contribution is 2.35. The van der Waals surface area contributed by atoms with Gasteiger partial charge in [0.25, 0.3) is 0 Å². The molecule has 0 radical (unpaired) electrons. The van der Waals surface area contributed by atoms with Gasteiger partial charge in [0.1, 0.15) is 5.52 Å². The fourth-order valence-corrected chi connectivity index (χ4v) is 2.21. The van der Waals surface area contributed by atoms with Crippen LogP contribution in [0, 0.1) is 0 Å². The Morgan fingerprint density at radius 1 is 1.00 bits per heavy atom. The highest BCUT2D eigenvalue weighted by Gasteiger charge is 2.15. The summed E-state index contributed by atoms with van der Waals surface area (Å²) in [5, 5.41) is 1.54. The highest BCUT2D eigenvalue weighted by molar-refractivity contribution is 6.38. The predicted octanol–water partition coefficient (Wildman–Crippen LogP) is 4.34. The molecular formula is C10H3Cl3N2O. The molecule has 16 heavy (non-hydrogen) atoms. The zero-order valence-corrected chi connectivity index (χ0v) is 9.94. The summed E-state index contributed by atoms with van der Waals surface area (Å²) in [6.45, 7) is 0. The first-order valence-electron chi connectivity index (χ1n) is 4.36. The molecule has 0 atom stereocenters. The molecule has 0 aliphatic rings. The third-order valence-electron chi connectivity index (χ3n) is 2.22.